The zero-order valence-electron chi connectivity index (χ0n) is 44.9. The molecule has 0 heterocycles. The average Bonchev–Trinajstić information content (AvgIpc) is 3.86. The van der Waals surface area contributed by atoms with Gasteiger partial charge in [-0.1, -0.05) is 108 Å². The Morgan fingerprint density at radius 2 is 1.48 bits per heavy atom. The second-order valence-corrected chi connectivity index (χ2v) is 25.0. The molecule has 0 radical (unpaired) electrons. The minimum atomic E-state index is -1.28. The lowest BCUT2D eigenvalue weighted by Gasteiger charge is -2.61. The zero-order chi connectivity index (χ0) is 50.6. The van der Waals surface area contributed by atoms with Gasteiger partial charge in [0.2, 0.25) is 11.8 Å². The Hall–Kier alpha value is -3.43. The summed E-state index contributed by atoms with van der Waals surface area (Å²) in [5.41, 5.74) is 1.38. The second kappa shape index (κ2) is 22.6. The highest BCUT2D eigenvalue weighted by Gasteiger charge is 2.61. The van der Waals surface area contributed by atoms with E-state index in [2.05, 4.69) is 66.0 Å². The third-order valence-electron chi connectivity index (χ3n) is 20.4. The summed E-state index contributed by atoms with van der Waals surface area (Å²) in [6.45, 7) is 24.9. The van der Waals surface area contributed by atoms with Crippen LogP contribution in [-0.2, 0) is 29.3 Å². The van der Waals surface area contributed by atoms with Gasteiger partial charge in [-0.15, -0.1) is 0 Å². The molecule has 0 spiro atoms. The van der Waals surface area contributed by atoms with Crippen molar-refractivity contribution in [3.05, 3.63) is 29.3 Å². The maximum absolute atomic E-state index is 14.6. The van der Waals surface area contributed by atoms with Crippen molar-refractivity contribution in [1.29, 1.82) is 0 Å². The number of carboxylic acid groups (broad SMARTS) is 2. The van der Waals surface area contributed by atoms with Gasteiger partial charge in [0.05, 0.1) is 17.4 Å². The number of hydrogen-bond acceptors (Lipinski definition) is 6. The number of fused-ring (bicyclic) bond motifs is 5. The first-order chi connectivity index (χ1) is 32.6. The molecule has 0 bridgehead atoms. The molecule has 69 heavy (non-hydrogen) atoms. The van der Waals surface area contributed by atoms with E-state index in [1.165, 1.54) is 57.8 Å². The summed E-state index contributed by atoms with van der Waals surface area (Å²) in [5.74, 6) is -3.29. The van der Waals surface area contributed by atoms with Crippen LogP contribution in [0.3, 0.4) is 0 Å². The van der Waals surface area contributed by atoms with Crippen LogP contribution in [0.1, 0.15) is 227 Å². The smallest absolute Gasteiger partial charge is 0.338 e. The normalized spacial score (nSPS) is 34.0. The Balaban J connectivity index is 1.20. The molecule has 5 saturated carbocycles. The van der Waals surface area contributed by atoms with Gasteiger partial charge in [-0.3, -0.25) is 19.2 Å². The zero-order valence-corrected chi connectivity index (χ0v) is 44.9. The van der Waals surface area contributed by atoms with E-state index in [1.807, 2.05) is 32.9 Å². The van der Waals surface area contributed by atoms with Crippen LogP contribution < -0.4 is 10.6 Å². The van der Waals surface area contributed by atoms with E-state index in [0.717, 1.165) is 92.4 Å². The number of carbonyl (C=O) groups excluding carboxylic acids is 3. The summed E-state index contributed by atoms with van der Waals surface area (Å²) >= 11 is 0. The summed E-state index contributed by atoms with van der Waals surface area (Å²) in [6.07, 6.45) is 19.6. The first kappa shape index (κ1) is 54.9. The Labute approximate surface area is 416 Å². The minimum Gasteiger partial charge on any atom is -0.481 e. The number of rotatable bonds is 22. The van der Waals surface area contributed by atoms with Crippen molar-refractivity contribution in [3.63, 3.8) is 0 Å². The van der Waals surface area contributed by atoms with Gasteiger partial charge in [0, 0.05) is 23.6 Å². The van der Waals surface area contributed by atoms with Crippen molar-refractivity contribution in [3.8, 4) is 0 Å². The van der Waals surface area contributed by atoms with Gasteiger partial charge in [0.1, 0.15) is 6.10 Å². The monoisotopic (exact) mass is 959 g/mol. The maximum atomic E-state index is 14.6. The second-order valence-electron chi connectivity index (χ2n) is 25.0. The van der Waals surface area contributed by atoms with Gasteiger partial charge in [-0.2, -0.15) is 0 Å². The largest absolute Gasteiger partial charge is 0.481 e. The van der Waals surface area contributed by atoms with E-state index in [4.69, 9.17) is 4.74 Å². The fraction of sp³-hybridized carbons (Fsp3) is 0.814. The molecule has 2 amide bonds. The Morgan fingerprint density at radius 1 is 0.768 bits per heavy atom. The van der Waals surface area contributed by atoms with Crippen LogP contribution >= 0.6 is 0 Å². The van der Waals surface area contributed by atoms with Crippen LogP contribution in [0, 0.1) is 75.9 Å². The van der Waals surface area contributed by atoms with E-state index in [1.54, 1.807) is 6.07 Å². The van der Waals surface area contributed by atoms with Gasteiger partial charge in [0.25, 0.3) is 0 Å². The highest BCUT2D eigenvalue weighted by molar-refractivity contribution is 5.99. The third-order valence-corrected chi connectivity index (χ3v) is 20.4. The van der Waals surface area contributed by atoms with Gasteiger partial charge in [-0.05, 0) is 184 Å². The predicted molar refractivity (Wildman–Crippen MR) is 275 cm³/mol. The van der Waals surface area contributed by atoms with Crippen LogP contribution in [0.15, 0.2) is 18.2 Å². The van der Waals surface area contributed by atoms with E-state index < -0.39 is 65.4 Å². The first-order valence-electron chi connectivity index (χ1n) is 28.0. The lowest BCUT2D eigenvalue weighted by Crippen LogP contribution is -2.54. The number of esters is 1. The van der Waals surface area contributed by atoms with Crippen molar-refractivity contribution in [1.82, 2.24) is 5.32 Å². The first-order valence-corrected chi connectivity index (χ1v) is 28.0. The summed E-state index contributed by atoms with van der Waals surface area (Å²) < 4.78 is 6.50. The molecule has 5 aliphatic carbocycles. The number of nitrogens with one attached hydrogen (secondary N) is 2. The van der Waals surface area contributed by atoms with Crippen LogP contribution in [0.25, 0.3) is 0 Å². The molecule has 1 aromatic rings. The van der Waals surface area contributed by atoms with Crippen LogP contribution in [-0.4, -0.2) is 51.6 Å². The number of hydrogen-bond donors (Lipinski definition) is 4. The highest BCUT2D eigenvalue weighted by atomic mass is 16.5. The number of benzene rings is 1. The number of unbranched alkanes of at least 4 members (excludes halogenated alkanes) is 1. The summed E-state index contributed by atoms with van der Waals surface area (Å²) in [5, 5.41) is 26.6. The molecular weight excluding hydrogens is 865 g/mol. The van der Waals surface area contributed by atoms with Crippen molar-refractivity contribution in [2.75, 3.05) is 5.32 Å². The van der Waals surface area contributed by atoms with Crippen molar-refractivity contribution >= 4 is 35.4 Å². The molecule has 15 atom stereocenters. The number of anilines is 1. The average molecular weight is 959 g/mol. The van der Waals surface area contributed by atoms with Crippen molar-refractivity contribution in [2.24, 2.45) is 75.9 Å². The number of carbonyl (C=O) groups is 5. The topological polar surface area (TPSA) is 159 Å². The molecule has 1 aromatic carbocycles. The molecular formula is C59H94N2O8. The molecule has 10 nitrogen and oxygen atoms in total. The molecule has 10 heteroatoms. The van der Waals surface area contributed by atoms with Gasteiger partial charge in [0.15, 0.2) is 0 Å². The minimum absolute atomic E-state index is 0.146. The number of aliphatic carboxylic acids is 2. The number of ether oxygens (including phenoxy) is 1. The number of amides is 2. The molecule has 388 valence electrons. The van der Waals surface area contributed by atoms with Gasteiger partial charge >= 0.3 is 17.9 Å². The van der Waals surface area contributed by atoms with Crippen LogP contribution in [0.2, 0.25) is 0 Å². The molecule has 0 aromatic heterocycles. The molecule has 15 unspecified atom stereocenters. The Kier molecular flexibility index (Phi) is 17.9. The van der Waals surface area contributed by atoms with Gasteiger partial charge < -0.3 is 25.6 Å². The lowest BCUT2D eigenvalue weighted by atomic mass is 9.44. The van der Waals surface area contributed by atoms with E-state index in [-0.39, 0.29) is 23.4 Å². The van der Waals surface area contributed by atoms with Gasteiger partial charge in [-0.25, -0.2) is 4.79 Å². The molecule has 5 aliphatic rings. The van der Waals surface area contributed by atoms with Crippen molar-refractivity contribution < 1.29 is 38.9 Å². The van der Waals surface area contributed by atoms with Crippen LogP contribution in [0.4, 0.5) is 5.69 Å². The maximum Gasteiger partial charge on any atom is 0.338 e. The number of carboxylic acids is 2. The highest BCUT2D eigenvalue weighted by Crippen LogP contribution is 2.68. The van der Waals surface area contributed by atoms with E-state index in [9.17, 15) is 34.2 Å². The van der Waals surface area contributed by atoms with Crippen molar-refractivity contribution in [2.45, 2.75) is 228 Å². The quantitative estimate of drug-likeness (QED) is 0.0836. The predicted octanol–water partition coefficient (Wildman–Crippen LogP) is 13.6. The standard InChI is InChI=1S/C59H94N2O8/c1-12-16-27-56(8,14-3)40-30-38(31-41(32-40)60-53(65)51-44(35-50(62)63)45(34-46(51)54(66)67)52(64)61-57(9,15-4)26-13-2)55(68)69-42-24-28-58(10)39(33-42)20-21-43-48-23-22-47(37(7)19-17-18-36(5)6)59(48,11)29-25-49(43)58/h30-32,36-37,39,42-49,51H,12-29,33-35H2,1-11H3,(H,60,65)(H,61,64)(H,62,63)(H,66,67). The molecule has 6 rings (SSSR count). The summed E-state index contributed by atoms with van der Waals surface area (Å²) in [7, 11) is 0. The van der Waals surface area contributed by atoms with Crippen LogP contribution in [0.5, 0.6) is 0 Å². The molecule has 0 aliphatic heterocycles. The summed E-state index contributed by atoms with van der Waals surface area (Å²) in [6, 6.07) is 5.43. The summed E-state index contributed by atoms with van der Waals surface area (Å²) in [4.78, 5) is 68.2. The molecule has 5 fully saturated rings. The Bertz CT molecular complexity index is 1980. The fourth-order valence-corrected chi connectivity index (χ4v) is 15.9. The van der Waals surface area contributed by atoms with E-state index in [0.29, 0.717) is 35.4 Å². The SMILES string of the molecule is CCCCC(C)(CC)c1cc(NC(=O)C2C(C(=O)O)CC(C(=O)NC(C)(CC)CCC)C2CC(=O)O)cc(C(=O)OC2CCC3(C)C(CCC4C3CCC3(C)C(C(C)CCCC(C)C)CCC43)C2)c1. The third kappa shape index (κ3) is 11.8. The van der Waals surface area contributed by atoms with E-state index >= 15 is 0 Å². The molecule has 0 saturated heterocycles. The lowest BCUT2D eigenvalue weighted by molar-refractivity contribution is -0.147. The fourth-order valence-electron chi connectivity index (χ4n) is 15.9. The Morgan fingerprint density at radius 3 is 2.12 bits per heavy atom. The molecule has 4 N–H and O–H groups in total.